The Morgan fingerprint density at radius 3 is 2.24 bits per heavy atom. The second-order valence-corrected chi connectivity index (χ2v) is 17.6. The van der Waals surface area contributed by atoms with E-state index >= 15 is 0 Å². The Balaban J connectivity index is 1.20. The summed E-state index contributed by atoms with van der Waals surface area (Å²) in [6, 6.07) is 8.22. The second kappa shape index (κ2) is 20.0. The first kappa shape index (κ1) is 47.6. The van der Waals surface area contributed by atoms with Gasteiger partial charge in [-0.3, -0.25) is 37.3 Å². The van der Waals surface area contributed by atoms with Crippen molar-refractivity contribution in [3.8, 4) is 0 Å². The van der Waals surface area contributed by atoms with Crippen LogP contribution >= 0.6 is 23.5 Å². The number of aromatic nitrogens is 4. The number of fused-ring (bicyclic) bond motifs is 1. The number of Topliss-reactive ketones (excluding diaryl/α,β-unsaturated/α-hetero) is 1. The number of benzene rings is 1. The van der Waals surface area contributed by atoms with Crippen LogP contribution in [-0.2, 0) is 50.7 Å². The first-order valence-corrected chi connectivity index (χ1v) is 21.7. The highest BCUT2D eigenvalue weighted by Crippen LogP contribution is 2.61. The summed E-state index contributed by atoms with van der Waals surface area (Å²) in [7, 11) is -16.5. The molecular weight excluding hydrogens is 853 g/mol. The third-order valence-electron chi connectivity index (χ3n) is 8.26. The van der Waals surface area contributed by atoms with Crippen molar-refractivity contribution in [2.75, 3.05) is 38.6 Å². The first-order valence-electron chi connectivity index (χ1n) is 17.2. The van der Waals surface area contributed by atoms with Gasteiger partial charge in [0.15, 0.2) is 23.5 Å². The summed E-state index contributed by atoms with van der Waals surface area (Å²) in [6.45, 7) is 0.174. The van der Waals surface area contributed by atoms with E-state index in [9.17, 15) is 62.7 Å². The molecule has 59 heavy (non-hydrogen) atoms. The fourth-order valence-corrected chi connectivity index (χ4v) is 8.11. The van der Waals surface area contributed by atoms with Crippen LogP contribution in [0.1, 0.15) is 43.3 Å². The van der Waals surface area contributed by atoms with E-state index in [0.717, 1.165) is 17.2 Å². The van der Waals surface area contributed by atoms with E-state index in [-0.39, 0.29) is 55.2 Å². The third-order valence-corrected chi connectivity index (χ3v) is 11.4. The van der Waals surface area contributed by atoms with Crippen LogP contribution in [0.3, 0.4) is 0 Å². The Hall–Kier alpha value is -4.10. The molecule has 29 heteroatoms. The molecule has 2 aromatic heterocycles. The van der Waals surface area contributed by atoms with Gasteiger partial charge in [0, 0.05) is 37.0 Å². The van der Waals surface area contributed by atoms with Crippen molar-refractivity contribution >= 4 is 64.0 Å². The molecule has 11 N–H and O–H groups in total. The number of anilines is 1. The molecule has 1 fully saturated rings. The summed E-state index contributed by atoms with van der Waals surface area (Å²) < 4.78 is 62.1. The predicted octanol–water partition coefficient (Wildman–Crippen LogP) is -1.21. The molecule has 0 saturated carbocycles. The summed E-state index contributed by atoms with van der Waals surface area (Å²) in [4.78, 5) is 99.8. The van der Waals surface area contributed by atoms with Crippen LogP contribution in [0.15, 0.2) is 43.0 Å². The topological polar surface area (TPSA) is 393 Å². The molecule has 4 rings (SSSR count). The third kappa shape index (κ3) is 14.0. The van der Waals surface area contributed by atoms with Crippen LogP contribution in [0, 0.1) is 5.41 Å². The molecule has 0 spiro atoms. The fraction of sp³-hybridized carbons (Fsp3) is 0.500. The van der Waals surface area contributed by atoms with Gasteiger partial charge in [-0.15, -0.1) is 0 Å². The van der Waals surface area contributed by atoms with Gasteiger partial charge in [0.2, 0.25) is 17.7 Å². The van der Waals surface area contributed by atoms with Crippen LogP contribution in [-0.4, -0.2) is 130 Å². The number of nitrogen functional groups attached to an aromatic ring is 1. The van der Waals surface area contributed by atoms with Gasteiger partial charge in [-0.2, -0.15) is 4.31 Å². The lowest BCUT2D eigenvalue weighted by Crippen LogP contribution is -2.46. The number of ketones is 1. The number of nitrogens with one attached hydrogen (secondary N) is 3. The predicted molar refractivity (Wildman–Crippen MR) is 198 cm³/mol. The molecule has 326 valence electrons. The standard InChI is InChI=1S/C30H43N8O18P3/c1-30(2,25(43)28(44)34-9-8-20(40)32-10-11-33-21(41)12-18(39)17-6-4-3-5-7-17)14-53-59(50,51)56-58(48,49)52-13-19-24(55-57(45,46)47)23(42)29(54-19)38-16-37-22-26(31)35-15-36-27(22)38/h3-7,15-16,19,23-25,29,42-43H,8-14H2,1-2H3,(H,32,40)(H,33,41)(H,34,44)(H,48,49)(H,50,51)(H2,31,35,36)(H2,45,46,47)/t19-,23-,24-,25+,29-/m1/s1. The summed E-state index contributed by atoms with van der Waals surface area (Å²) in [6.07, 6.45) is -7.47. The highest BCUT2D eigenvalue weighted by Gasteiger charge is 2.50. The van der Waals surface area contributed by atoms with Crippen molar-refractivity contribution in [2.45, 2.75) is 57.3 Å². The zero-order valence-corrected chi connectivity index (χ0v) is 33.9. The number of carbonyl (C=O) groups is 4. The Labute approximate surface area is 334 Å². The van der Waals surface area contributed by atoms with E-state index in [2.05, 4.69) is 39.7 Å². The lowest BCUT2D eigenvalue weighted by molar-refractivity contribution is -0.137. The number of aliphatic hydroxyl groups excluding tert-OH is 2. The summed E-state index contributed by atoms with van der Waals surface area (Å²) in [5.41, 5.74) is 4.59. The average molecular weight is 897 g/mol. The number of nitrogens with two attached hydrogens (primary N) is 1. The van der Waals surface area contributed by atoms with Crippen LogP contribution in [0.4, 0.5) is 5.82 Å². The number of hydrogen-bond donors (Lipinski definition) is 10. The van der Waals surface area contributed by atoms with Crippen molar-refractivity contribution in [1.82, 2.24) is 35.5 Å². The van der Waals surface area contributed by atoms with Crippen LogP contribution in [0.25, 0.3) is 11.2 Å². The normalized spacial score (nSPS) is 20.9. The molecule has 1 aromatic carbocycles. The van der Waals surface area contributed by atoms with Gasteiger partial charge in [0.1, 0.15) is 36.3 Å². The molecule has 3 heterocycles. The van der Waals surface area contributed by atoms with E-state index in [0.29, 0.717) is 5.56 Å². The molecule has 0 aliphatic carbocycles. The maximum atomic E-state index is 12.7. The van der Waals surface area contributed by atoms with E-state index in [1.54, 1.807) is 30.3 Å². The van der Waals surface area contributed by atoms with Crippen LogP contribution < -0.4 is 21.7 Å². The molecule has 0 bridgehead atoms. The zero-order valence-electron chi connectivity index (χ0n) is 31.2. The van der Waals surface area contributed by atoms with Gasteiger partial charge in [0.05, 0.1) is 26.0 Å². The summed E-state index contributed by atoms with van der Waals surface area (Å²) >= 11 is 0. The SMILES string of the molecule is CC(C)(COP(=O)(O)OP(=O)(O)OC[C@H]1O[C@@H](n2cnc3c(N)ncnc32)[C@H](O)[C@@H]1OP(=O)(O)O)[C@@H](O)C(=O)NCCC(=O)NCCNC(=O)CC(=O)c1ccccc1. The minimum absolute atomic E-state index is 0.0139. The highest BCUT2D eigenvalue weighted by molar-refractivity contribution is 7.61. The number of amides is 3. The van der Waals surface area contributed by atoms with E-state index in [1.807, 2.05) is 0 Å². The van der Waals surface area contributed by atoms with E-state index in [4.69, 9.17) is 19.5 Å². The van der Waals surface area contributed by atoms with Crippen molar-refractivity contribution < 1.29 is 85.3 Å². The fourth-order valence-electron chi connectivity index (χ4n) is 5.28. The molecule has 26 nitrogen and oxygen atoms in total. The van der Waals surface area contributed by atoms with E-state index < -0.39 is 90.5 Å². The zero-order chi connectivity index (χ0) is 43.8. The average Bonchev–Trinajstić information content (AvgIpc) is 3.71. The first-order chi connectivity index (χ1) is 27.5. The molecule has 2 unspecified atom stereocenters. The minimum Gasteiger partial charge on any atom is -0.386 e. The maximum absolute atomic E-state index is 12.7. The number of nitrogens with zero attached hydrogens (tertiary/aromatic N) is 4. The van der Waals surface area contributed by atoms with Crippen LogP contribution in [0.2, 0.25) is 0 Å². The Morgan fingerprint density at radius 2 is 1.58 bits per heavy atom. The smallest absolute Gasteiger partial charge is 0.386 e. The molecule has 1 saturated heterocycles. The monoisotopic (exact) mass is 896 g/mol. The quantitative estimate of drug-likeness (QED) is 0.0245. The number of aliphatic hydroxyl groups is 2. The number of phosphoric acid groups is 3. The summed E-state index contributed by atoms with van der Waals surface area (Å²) in [5, 5.41) is 28.8. The Kier molecular flexibility index (Phi) is 16.1. The second-order valence-electron chi connectivity index (χ2n) is 13.4. The Bertz CT molecular complexity index is 2120. The van der Waals surface area contributed by atoms with Gasteiger partial charge in [-0.25, -0.2) is 28.6 Å². The van der Waals surface area contributed by atoms with E-state index in [1.165, 1.54) is 13.8 Å². The summed E-state index contributed by atoms with van der Waals surface area (Å²) in [5.74, 6) is -2.51. The number of imidazole rings is 1. The number of ether oxygens (including phenoxy) is 1. The molecule has 7 atom stereocenters. The molecule has 0 radical (unpaired) electrons. The van der Waals surface area contributed by atoms with Crippen molar-refractivity contribution in [3.63, 3.8) is 0 Å². The maximum Gasteiger partial charge on any atom is 0.481 e. The number of rotatable bonds is 22. The van der Waals surface area contributed by atoms with Crippen molar-refractivity contribution in [3.05, 3.63) is 48.5 Å². The van der Waals surface area contributed by atoms with Gasteiger partial charge < -0.3 is 56.2 Å². The van der Waals surface area contributed by atoms with Crippen molar-refractivity contribution in [2.24, 2.45) is 5.41 Å². The molecular formula is C30H43N8O18P3. The molecule has 3 amide bonds. The number of hydrogen-bond acceptors (Lipinski definition) is 18. The lowest BCUT2D eigenvalue weighted by atomic mass is 9.87. The van der Waals surface area contributed by atoms with Gasteiger partial charge in [-0.1, -0.05) is 44.2 Å². The minimum atomic E-state index is -5.59. The highest BCUT2D eigenvalue weighted by atomic mass is 31.3. The van der Waals surface area contributed by atoms with Crippen molar-refractivity contribution in [1.29, 1.82) is 0 Å². The molecule has 1 aliphatic rings. The largest absolute Gasteiger partial charge is 0.481 e. The molecule has 1 aliphatic heterocycles. The Morgan fingerprint density at radius 1 is 0.932 bits per heavy atom. The number of phosphoric ester groups is 3. The van der Waals surface area contributed by atoms with Crippen LogP contribution in [0.5, 0.6) is 0 Å². The van der Waals surface area contributed by atoms with Gasteiger partial charge >= 0.3 is 23.5 Å². The molecule has 3 aromatic rings. The van der Waals surface area contributed by atoms with Gasteiger partial charge in [0.25, 0.3) is 0 Å². The lowest BCUT2D eigenvalue weighted by Gasteiger charge is -2.30. The van der Waals surface area contributed by atoms with Gasteiger partial charge in [-0.05, 0) is 0 Å². The number of carbonyl (C=O) groups excluding carboxylic acids is 4.